The minimum Gasteiger partial charge on any atom is -0.497 e. The molecule has 0 radical (unpaired) electrons. The highest BCUT2D eigenvalue weighted by molar-refractivity contribution is 5.97. The average molecular weight is 498 g/mol. The van der Waals surface area contributed by atoms with Crippen LogP contribution in [-0.2, 0) is 30.3 Å². The van der Waals surface area contributed by atoms with Gasteiger partial charge < -0.3 is 19.1 Å². The maximum absolute atomic E-state index is 12.5. The number of aryl methyl sites for hydroxylation is 1. The summed E-state index contributed by atoms with van der Waals surface area (Å²) in [6.07, 6.45) is 3.56. The first-order valence-electron chi connectivity index (χ1n) is 12.1. The molecule has 37 heavy (non-hydrogen) atoms. The van der Waals surface area contributed by atoms with Crippen LogP contribution in [0.3, 0.4) is 0 Å². The summed E-state index contributed by atoms with van der Waals surface area (Å²) >= 11 is 0. The number of nitrogens with zero attached hydrogens (tertiary/aromatic N) is 1. The second-order valence-corrected chi connectivity index (χ2v) is 8.85. The molecule has 190 valence electrons. The van der Waals surface area contributed by atoms with Gasteiger partial charge in [-0.05, 0) is 47.9 Å². The second-order valence-electron chi connectivity index (χ2n) is 8.85. The Bertz CT molecular complexity index is 1300. The van der Waals surface area contributed by atoms with E-state index in [-0.39, 0.29) is 6.04 Å². The first-order chi connectivity index (χ1) is 18.0. The Morgan fingerprint density at radius 3 is 2.08 bits per heavy atom. The molecule has 1 aliphatic heterocycles. The molecule has 0 spiro atoms. The van der Waals surface area contributed by atoms with Gasteiger partial charge in [0.2, 0.25) is 0 Å². The van der Waals surface area contributed by atoms with E-state index in [2.05, 4.69) is 60.4 Å². The largest absolute Gasteiger partial charge is 0.497 e. The van der Waals surface area contributed by atoms with Crippen LogP contribution in [-0.4, -0.2) is 33.3 Å². The third-order valence-electron chi connectivity index (χ3n) is 6.45. The molecular weight excluding hydrogens is 466 g/mol. The summed E-state index contributed by atoms with van der Waals surface area (Å²) in [7, 11) is 4.02. The van der Waals surface area contributed by atoms with Crippen molar-refractivity contribution in [3.63, 3.8) is 0 Å². The summed E-state index contributed by atoms with van der Waals surface area (Å²) in [4.78, 5) is 27.3. The normalized spacial score (nSPS) is 15.1. The Morgan fingerprint density at radius 2 is 1.49 bits per heavy atom. The van der Waals surface area contributed by atoms with Crippen LogP contribution in [0.1, 0.15) is 28.3 Å². The Kier molecular flexibility index (Phi) is 8.08. The lowest BCUT2D eigenvalue weighted by Crippen LogP contribution is -2.33. The minimum atomic E-state index is -1.26. The van der Waals surface area contributed by atoms with Crippen LogP contribution in [0, 0.1) is 12.8 Å². The van der Waals surface area contributed by atoms with Crippen molar-refractivity contribution in [2.24, 2.45) is 5.92 Å². The predicted octanol–water partition coefficient (Wildman–Crippen LogP) is 5.63. The van der Waals surface area contributed by atoms with Crippen molar-refractivity contribution in [3.8, 4) is 0 Å². The lowest BCUT2D eigenvalue weighted by Gasteiger charge is -2.40. The Balaban J connectivity index is 1.94. The SMILES string of the molecule is COC(=O)C(/C=C(\OC)C1=Cc2cc(C)ccc2N(Cc2ccccc2)C1c1ccccc1)C(=O)OC. The summed E-state index contributed by atoms with van der Waals surface area (Å²) in [5, 5.41) is 0. The number of carbonyl (C=O) groups is 2. The zero-order valence-corrected chi connectivity index (χ0v) is 21.5. The molecule has 3 aromatic carbocycles. The van der Waals surface area contributed by atoms with Crippen molar-refractivity contribution in [2.45, 2.75) is 19.5 Å². The van der Waals surface area contributed by atoms with E-state index < -0.39 is 17.9 Å². The highest BCUT2D eigenvalue weighted by Gasteiger charge is 2.35. The Labute approximate surface area is 217 Å². The highest BCUT2D eigenvalue weighted by atomic mass is 16.5. The molecule has 0 amide bonds. The number of hydrogen-bond acceptors (Lipinski definition) is 6. The molecule has 0 fully saturated rings. The number of methoxy groups -OCH3 is 3. The number of rotatable bonds is 8. The van der Waals surface area contributed by atoms with Crippen LogP contribution in [0.2, 0.25) is 0 Å². The molecule has 3 aromatic rings. The Morgan fingerprint density at radius 1 is 0.865 bits per heavy atom. The standard InChI is InChI=1S/C31H31NO5/c1-21-15-16-27-24(17-21)18-25(28(35-2)19-26(30(33)36-3)31(34)37-4)29(23-13-9-6-10-14-23)32(27)20-22-11-7-5-8-12-22/h5-19,26,29H,20H2,1-4H3/b28-19-. The molecular formula is C31H31NO5. The molecule has 1 unspecified atom stereocenters. The van der Waals surface area contributed by atoms with Gasteiger partial charge in [-0.15, -0.1) is 0 Å². The van der Waals surface area contributed by atoms with Crippen LogP contribution in [0.4, 0.5) is 5.69 Å². The van der Waals surface area contributed by atoms with Crippen molar-refractivity contribution in [2.75, 3.05) is 26.2 Å². The molecule has 0 saturated heterocycles. The van der Waals surface area contributed by atoms with Crippen LogP contribution < -0.4 is 4.90 Å². The monoisotopic (exact) mass is 497 g/mol. The first-order valence-corrected chi connectivity index (χ1v) is 12.1. The quantitative estimate of drug-likeness (QED) is 0.228. The topological polar surface area (TPSA) is 65.1 Å². The smallest absolute Gasteiger partial charge is 0.324 e. The predicted molar refractivity (Wildman–Crippen MR) is 144 cm³/mol. The molecule has 0 saturated carbocycles. The number of anilines is 1. The maximum Gasteiger partial charge on any atom is 0.324 e. The molecule has 0 N–H and O–H groups in total. The molecule has 1 atom stereocenters. The number of carbonyl (C=O) groups excluding carboxylic acids is 2. The van der Waals surface area contributed by atoms with Gasteiger partial charge in [-0.1, -0.05) is 72.3 Å². The van der Waals surface area contributed by atoms with E-state index >= 15 is 0 Å². The van der Waals surface area contributed by atoms with Gasteiger partial charge in [0.15, 0.2) is 5.92 Å². The second kappa shape index (κ2) is 11.6. The summed E-state index contributed by atoms with van der Waals surface area (Å²) in [6, 6.07) is 26.5. The van der Waals surface area contributed by atoms with Crippen molar-refractivity contribution in [3.05, 3.63) is 119 Å². The molecule has 4 rings (SSSR count). The highest BCUT2D eigenvalue weighted by Crippen LogP contribution is 2.45. The molecule has 1 aliphatic rings. The molecule has 6 nitrogen and oxygen atoms in total. The number of fused-ring (bicyclic) bond motifs is 1. The third-order valence-corrected chi connectivity index (χ3v) is 6.45. The summed E-state index contributed by atoms with van der Waals surface area (Å²) in [5.41, 5.74) is 6.25. The van der Waals surface area contributed by atoms with E-state index in [9.17, 15) is 9.59 Å². The van der Waals surface area contributed by atoms with Crippen molar-refractivity contribution in [1.29, 1.82) is 0 Å². The van der Waals surface area contributed by atoms with Gasteiger partial charge in [0, 0.05) is 17.8 Å². The van der Waals surface area contributed by atoms with Gasteiger partial charge in [0.25, 0.3) is 0 Å². The molecule has 0 aliphatic carbocycles. The van der Waals surface area contributed by atoms with E-state index in [0.29, 0.717) is 12.3 Å². The number of hydrogen-bond donors (Lipinski definition) is 0. The van der Waals surface area contributed by atoms with Gasteiger partial charge in [-0.2, -0.15) is 0 Å². The van der Waals surface area contributed by atoms with Gasteiger partial charge >= 0.3 is 11.9 Å². The molecule has 1 heterocycles. The van der Waals surface area contributed by atoms with Crippen molar-refractivity contribution < 1.29 is 23.8 Å². The zero-order chi connectivity index (χ0) is 26.4. The number of ether oxygens (including phenoxy) is 3. The van der Waals surface area contributed by atoms with E-state index in [0.717, 1.165) is 33.5 Å². The number of esters is 2. The fraction of sp³-hybridized carbons (Fsp3) is 0.226. The van der Waals surface area contributed by atoms with Gasteiger partial charge in [0.05, 0.1) is 27.4 Å². The summed E-state index contributed by atoms with van der Waals surface area (Å²) in [6.45, 7) is 2.69. The first kappa shape index (κ1) is 25.8. The van der Waals surface area contributed by atoms with Crippen molar-refractivity contribution >= 4 is 23.7 Å². The maximum atomic E-state index is 12.5. The minimum absolute atomic E-state index is 0.251. The van der Waals surface area contributed by atoms with E-state index in [1.807, 2.05) is 36.4 Å². The molecule has 6 heteroatoms. The lowest BCUT2D eigenvalue weighted by atomic mass is 9.87. The van der Waals surface area contributed by atoms with E-state index in [4.69, 9.17) is 14.2 Å². The summed E-state index contributed by atoms with van der Waals surface area (Å²) < 4.78 is 15.6. The summed E-state index contributed by atoms with van der Waals surface area (Å²) in [5.74, 6) is -2.29. The van der Waals surface area contributed by atoms with Gasteiger partial charge in [-0.3, -0.25) is 9.59 Å². The van der Waals surface area contributed by atoms with Crippen LogP contribution >= 0.6 is 0 Å². The van der Waals surface area contributed by atoms with Crippen molar-refractivity contribution in [1.82, 2.24) is 0 Å². The van der Waals surface area contributed by atoms with E-state index in [1.54, 1.807) is 0 Å². The van der Waals surface area contributed by atoms with Crippen LogP contribution in [0.15, 0.2) is 96.3 Å². The van der Waals surface area contributed by atoms with Crippen LogP contribution in [0.5, 0.6) is 0 Å². The van der Waals surface area contributed by atoms with E-state index in [1.165, 1.54) is 27.4 Å². The fourth-order valence-corrected chi connectivity index (χ4v) is 4.68. The third kappa shape index (κ3) is 5.59. The average Bonchev–Trinajstić information content (AvgIpc) is 2.93. The Hall–Kier alpha value is -4.32. The van der Waals surface area contributed by atoms with Gasteiger partial charge in [-0.25, -0.2) is 0 Å². The zero-order valence-electron chi connectivity index (χ0n) is 21.5. The van der Waals surface area contributed by atoms with Crippen LogP contribution in [0.25, 0.3) is 6.08 Å². The lowest BCUT2D eigenvalue weighted by molar-refractivity contribution is -0.156. The fourth-order valence-electron chi connectivity index (χ4n) is 4.68. The molecule has 0 bridgehead atoms. The van der Waals surface area contributed by atoms with Gasteiger partial charge in [0.1, 0.15) is 5.76 Å². The number of benzene rings is 3. The molecule has 0 aromatic heterocycles.